The van der Waals surface area contributed by atoms with Crippen molar-refractivity contribution >= 4 is 28.1 Å². The fourth-order valence-electron chi connectivity index (χ4n) is 2.17. The molecule has 0 spiro atoms. The highest BCUT2D eigenvalue weighted by Crippen LogP contribution is 2.23. The molecule has 2 aromatic rings. The number of aromatic nitrogens is 1. The number of amides is 1. The number of hydrogen-bond donors (Lipinski definition) is 1. The highest BCUT2D eigenvalue weighted by molar-refractivity contribution is 7.14. The second kappa shape index (κ2) is 7.94. The summed E-state index contributed by atoms with van der Waals surface area (Å²) in [5.41, 5.74) is 2.71. The molecule has 0 bridgehead atoms. The standard InChI is InChI=1S/C17H23N3OS/c1-4-6-11-20(5-2)16(21)15-12-22-17(19-15)18-14-10-8-7-9-13(14)3/h7-10,12H,4-6,11H2,1-3H3,(H,18,19). The molecule has 0 radical (unpaired) electrons. The van der Waals surface area contributed by atoms with Crippen molar-refractivity contribution in [1.82, 2.24) is 9.88 Å². The molecule has 118 valence electrons. The van der Waals surface area contributed by atoms with Crippen molar-refractivity contribution in [2.45, 2.75) is 33.6 Å². The molecule has 0 aliphatic heterocycles. The van der Waals surface area contributed by atoms with Crippen LogP contribution in [0.4, 0.5) is 10.8 Å². The van der Waals surface area contributed by atoms with Crippen molar-refractivity contribution in [3.63, 3.8) is 0 Å². The topological polar surface area (TPSA) is 45.2 Å². The van der Waals surface area contributed by atoms with Gasteiger partial charge in [0, 0.05) is 24.2 Å². The van der Waals surface area contributed by atoms with Gasteiger partial charge in [-0.2, -0.15) is 0 Å². The molecule has 4 nitrogen and oxygen atoms in total. The lowest BCUT2D eigenvalue weighted by Crippen LogP contribution is -2.31. The van der Waals surface area contributed by atoms with Crippen LogP contribution in [-0.4, -0.2) is 28.9 Å². The zero-order valence-corrected chi connectivity index (χ0v) is 14.2. The fourth-order valence-corrected chi connectivity index (χ4v) is 2.87. The molecule has 0 aliphatic rings. The first kappa shape index (κ1) is 16.5. The first-order chi connectivity index (χ1) is 10.7. The second-order valence-corrected chi connectivity index (χ2v) is 6.07. The number of nitrogens with one attached hydrogen (secondary N) is 1. The van der Waals surface area contributed by atoms with Crippen molar-refractivity contribution in [1.29, 1.82) is 0 Å². The van der Waals surface area contributed by atoms with Crippen molar-refractivity contribution in [2.24, 2.45) is 0 Å². The Morgan fingerprint density at radius 1 is 1.32 bits per heavy atom. The molecule has 0 atom stereocenters. The average Bonchev–Trinajstić information content (AvgIpc) is 2.99. The van der Waals surface area contributed by atoms with E-state index in [9.17, 15) is 4.79 Å². The van der Waals surface area contributed by atoms with Crippen LogP contribution in [0.3, 0.4) is 0 Å². The maximum atomic E-state index is 12.5. The smallest absolute Gasteiger partial charge is 0.273 e. The Bertz CT molecular complexity index is 624. The van der Waals surface area contributed by atoms with Gasteiger partial charge in [0.25, 0.3) is 5.91 Å². The number of hydrogen-bond acceptors (Lipinski definition) is 4. The summed E-state index contributed by atoms with van der Waals surface area (Å²) in [5.74, 6) is 0.0185. The Labute approximate surface area is 136 Å². The van der Waals surface area contributed by atoms with E-state index < -0.39 is 0 Å². The highest BCUT2D eigenvalue weighted by Gasteiger charge is 2.17. The third-order valence-corrected chi connectivity index (χ3v) is 4.32. The summed E-state index contributed by atoms with van der Waals surface area (Å²) in [6.07, 6.45) is 2.11. The van der Waals surface area contributed by atoms with Crippen molar-refractivity contribution in [2.75, 3.05) is 18.4 Å². The normalized spacial score (nSPS) is 10.5. The van der Waals surface area contributed by atoms with E-state index in [2.05, 4.69) is 17.2 Å². The third-order valence-electron chi connectivity index (χ3n) is 3.56. The van der Waals surface area contributed by atoms with Gasteiger partial charge in [0.05, 0.1) is 0 Å². The van der Waals surface area contributed by atoms with Gasteiger partial charge in [0.15, 0.2) is 5.13 Å². The van der Waals surface area contributed by atoms with Gasteiger partial charge in [-0.1, -0.05) is 31.5 Å². The van der Waals surface area contributed by atoms with Crippen molar-refractivity contribution in [3.05, 3.63) is 40.9 Å². The maximum absolute atomic E-state index is 12.5. The van der Waals surface area contributed by atoms with Crippen LogP contribution in [0, 0.1) is 6.92 Å². The number of anilines is 2. The van der Waals surface area contributed by atoms with Crippen LogP contribution in [0.1, 0.15) is 42.7 Å². The van der Waals surface area contributed by atoms with Gasteiger partial charge in [-0.25, -0.2) is 4.98 Å². The first-order valence-electron chi connectivity index (χ1n) is 7.73. The number of carbonyl (C=O) groups excluding carboxylic acids is 1. The van der Waals surface area contributed by atoms with E-state index in [1.165, 1.54) is 11.3 Å². The molecule has 0 saturated heterocycles. The molecule has 1 N–H and O–H groups in total. The van der Waals surface area contributed by atoms with Crippen LogP contribution < -0.4 is 5.32 Å². The quantitative estimate of drug-likeness (QED) is 0.820. The maximum Gasteiger partial charge on any atom is 0.273 e. The van der Waals surface area contributed by atoms with Crippen molar-refractivity contribution < 1.29 is 4.79 Å². The number of rotatable bonds is 7. The molecule has 1 aromatic heterocycles. The van der Waals surface area contributed by atoms with Gasteiger partial charge in [0.1, 0.15) is 5.69 Å². The lowest BCUT2D eigenvalue weighted by molar-refractivity contribution is 0.0757. The molecular formula is C17H23N3OS. The Balaban J connectivity index is 2.07. The molecule has 1 aromatic carbocycles. The molecule has 2 rings (SSSR count). The van der Waals surface area contributed by atoms with E-state index in [4.69, 9.17) is 0 Å². The first-order valence-corrected chi connectivity index (χ1v) is 8.61. The zero-order valence-electron chi connectivity index (χ0n) is 13.4. The van der Waals surface area contributed by atoms with Gasteiger partial charge in [0.2, 0.25) is 0 Å². The van der Waals surface area contributed by atoms with Gasteiger partial charge >= 0.3 is 0 Å². The van der Waals surface area contributed by atoms with Crippen LogP contribution in [0.15, 0.2) is 29.6 Å². The van der Waals surface area contributed by atoms with Crippen molar-refractivity contribution in [3.8, 4) is 0 Å². The lowest BCUT2D eigenvalue weighted by atomic mass is 10.2. The van der Waals surface area contributed by atoms with E-state index in [0.717, 1.165) is 42.3 Å². The lowest BCUT2D eigenvalue weighted by Gasteiger charge is -2.19. The van der Waals surface area contributed by atoms with Crippen LogP contribution >= 0.6 is 11.3 Å². The number of thiazole rings is 1. The Morgan fingerprint density at radius 2 is 2.09 bits per heavy atom. The third kappa shape index (κ3) is 4.07. The number of para-hydroxylation sites is 1. The van der Waals surface area contributed by atoms with Gasteiger partial charge in [-0.05, 0) is 31.9 Å². The molecule has 0 saturated carbocycles. The largest absolute Gasteiger partial charge is 0.338 e. The van der Waals surface area contributed by atoms with Crippen LogP contribution in [0.2, 0.25) is 0 Å². The summed E-state index contributed by atoms with van der Waals surface area (Å²) in [4.78, 5) is 18.8. The van der Waals surface area contributed by atoms with Crippen LogP contribution in [-0.2, 0) is 0 Å². The monoisotopic (exact) mass is 317 g/mol. The minimum Gasteiger partial charge on any atom is -0.338 e. The van der Waals surface area contributed by atoms with Gasteiger partial charge < -0.3 is 10.2 Å². The SMILES string of the molecule is CCCCN(CC)C(=O)c1csc(Nc2ccccc2C)n1. The summed E-state index contributed by atoms with van der Waals surface area (Å²) in [6.45, 7) is 7.70. The minimum absolute atomic E-state index is 0.0185. The van der Waals surface area contributed by atoms with Gasteiger partial charge in [-0.3, -0.25) is 4.79 Å². The van der Waals surface area contributed by atoms with E-state index in [-0.39, 0.29) is 5.91 Å². The predicted octanol–water partition coefficient (Wildman–Crippen LogP) is 4.46. The molecule has 5 heteroatoms. The summed E-state index contributed by atoms with van der Waals surface area (Å²) in [5, 5.41) is 5.87. The van der Waals surface area contributed by atoms with E-state index >= 15 is 0 Å². The fraction of sp³-hybridized carbons (Fsp3) is 0.412. The Hall–Kier alpha value is -1.88. The number of benzene rings is 1. The number of aryl methyl sites for hydroxylation is 1. The Kier molecular flexibility index (Phi) is 5.95. The molecule has 22 heavy (non-hydrogen) atoms. The molecule has 1 heterocycles. The number of unbranched alkanes of at least 4 members (excludes halogenated alkanes) is 1. The number of carbonyl (C=O) groups is 1. The van der Waals surface area contributed by atoms with Crippen LogP contribution in [0.5, 0.6) is 0 Å². The molecule has 0 fully saturated rings. The van der Waals surface area contributed by atoms with E-state index in [1.807, 2.05) is 48.4 Å². The second-order valence-electron chi connectivity index (χ2n) is 5.22. The zero-order chi connectivity index (χ0) is 15.9. The minimum atomic E-state index is 0.0185. The highest BCUT2D eigenvalue weighted by atomic mass is 32.1. The Morgan fingerprint density at radius 3 is 2.77 bits per heavy atom. The molecule has 0 aliphatic carbocycles. The summed E-state index contributed by atoms with van der Waals surface area (Å²) >= 11 is 1.46. The summed E-state index contributed by atoms with van der Waals surface area (Å²) < 4.78 is 0. The number of nitrogens with zero attached hydrogens (tertiary/aromatic N) is 2. The van der Waals surface area contributed by atoms with Crippen LogP contribution in [0.25, 0.3) is 0 Å². The molecular weight excluding hydrogens is 294 g/mol. The summed E-state index contributed by atoms with van der Waals surface area (Å²) in [6, 6.07) is 8.05. The van der Waals surface area contributed by atoms with Gasteiger partial charge in [-0.15, -0.1) is 11.3 Å². The van der Waals surface area contributed by atoms with E-state index in [1.54, 1.807) is 0 Å². The predicted molar refractivity (Wildman–Crippen MR) is 93.1 cm³/mol. The summed E-state index contributed by atoms with van der Waals surface area (Å²) in [7, 11) is 0. The average molecular weight is 317 g/mol. The van der Waals surface area contributed by atoms with E-state index in [0.29, 0.717) is 5.69 Å². The molecule has 1 amide bonds. The molecule has 0 unspecified atom stereocenters.